The number of hydrogen-bond donors (Lipinski definition) is 0. The molecule has 20 heavy (non-hydrogen) atoms. The fourth-order valence-corrected chi connectivity index (χ4v) is 1.92. The average molecular weight is 281 g/mol. The fraction of sp³-hybridized carbons (Fsp3) is 0.615. The Balaban J connectivity index is 2.08. The Morgan fingerprint density at radius 3 is 3.00 bits per heavy atom. The van der Waals surface area contributed by atoms with Crippen LogP contribution in [0, 0.1) is 0 Å². The standard InChI is InChI=1S/C13H19N3O4/c1-9(2)20-12-7-14-6-11(15-12)16-4-5-19-10(8-16)13(17)18-3/h6-7,9-10H,4-5,8H2,1-3H3. The number of rotatable bonds is 4. The third-order valence-electron chi connectivity index (χ3n) is 2.81. The molecule has 1 saturated heterocycles. The normalized spacial score (nSPS) is 19.0. The summed E-state index contributed by atoms with van der Waals surface area (Å²) < 4.78 is 15.6. The molecule has 1 fully saturated rings. The number of esters is 1. The summed E-state index contributed by atoms with van der Waals surface area (Å²) in [5, 5.41) is 0. The van der Waals surface area contributed by atoms with Crippen LogP contribution in [-0.2, 0) is 14.3 Å². The predicted octanol–water partition coefficient (Wildman–Crippen LogP) is 0.642. The lowest BCUT2D eigenvalue weighted by Gasteiger charge is -2.32. The second-order valence-corrected chi connectivity index (χ2v) is 4.71. The summed E-state index contributed by atoms with van der Waals surface area (Å²) in [5.74, 6) is 0.760. The molecule has 1 aromatic rings. The van der Waals surface area contributed by atoms with Crippen LogP contribution in [0.15, 0.2) is 12.4 Å². The van der Waals surface area contributed by atoms with Gasteiger partial charge in [-0.25, -0.2) is 4.79 Å². The zero-order chi connectivity index (χ0) is 14.5. The first-order valence-electron chi connectivity index (χ1n) is 6.53. The van der Waals surface area contributed by atoms with Crippen molar-refractivity contribution in [2.45, 2.75) is 26.1 Å². The highest BCUT2D eigenvalue weighted by Gasteiger charge is 2.28. The van der Waals surface area contributed by atoms with E-state index < -0.39 is 6.10 Å². The minimum absolute atomic E-state index is 0.0343. The molecular weight excluding hydrogens is 262 g/mol. The van der Waals surface area contributed by atoms with Crippen LogP contribution >= 0.6 is 0 Å². The number of morpholine rings is 1. The van der Waals surface area contributed by atoms with Crippen molar-refractivity contribution in [2.75, 3.05) is 31.7 Å². The quantitative estimate of drug-likeness (QED) is 0.750. The van der Waals surface area contributed by atoms with Crippen LogP contribution in [0.4, 0.5) is 5.82 Å². The summed E-state index contributed by atoms with van der Waals surface area (Å²) in [4.78, 5) is 22.0. The lowest BCUT2D eigenvalue weighted by molar-refractivity contribution is -0.154. The van der Waals surface area contributed by atoms with Gasteiger partial charge >= 0.3 is 5.97 Å². The maximum absolute atomic E-state index is 11.5. The van der Waals surface area contributed by atoms with E-state index in [9.17, 15) is 4.79 Å². The van der Waals surface area contributed by atoms with Crippen molar-refractivity contribution in [1.29, 1.82) is 0 Å². The van der Waals surface area contributed by atoms with Gasteiger partial charge in [0.25, 0.3) is 0 Å². The van der Waals surface area contributed by atoms with Crippen LogP contribution in [0.1, 0.15) is 13.8 Å². The summed E-state index contributed by atoms with van der Waals surface area (Å²) in [6.07, 6.45) is 2.66. The molecule has 1 atom stereocenters. The lowest BCUT2D eigenvalue weighted by Crippen LogP contribution is -2.47. The van der Waals surface area contributed by atoms with Crippen molar-refractivity contribution in [2.24, 2.45) is 0 Å². The number of hydrogen-bond acceptors (Lipinski definition) is 7. The first-order chi connectivity index (χ1) is 9.60. The summed E-state index contributed by atoms with van der Waals surface area (Å²) in [6.45, 7) is 5.34. The first-order valence-corrected chi connectivity index (χ1v) is 6.53. The van der Waals surface area contributed by atoms with E-state index in [4.69, 9.17) is 14.2 Å². The number of anilines is 1. The van der Waals surface area contributed by atoms with Crippen LogP contribution in [0.5, 0.6) is 5.88 Å². The van der Waals surface area contributed by atoms with Gasteiger partial charge < -0.3 is 19.1 Å². The van der Waals surface area contributed by atoms with Gasteiger partial charge in [-0.3, -0.25) is 4.98 Å². The van der Waals surface area contributed by atoms with E-state index >= 15 is 0 Å². The molecule has 0 radical (unpaired) electrons. The van der Waals surface area contributed by atoms with Gasteiger partial charge in [-0.1, -0.05) is 0 Å². The highest BCUT2D eigenvalue weighted by Crippen LogP contribution is 2.18. The molecule has 1 aliphatic heterocycles. The Hall–Kier alpha value is -1.89. The molecule has 0 saturated carbocycles. The molecule has 2 heterocycles. The van der Waals surface area contributed by atoms with Crippen LogP contribution in [0.3, 0.4) is 0 Å². The Bertz CT molecular complexity index is 467. The summed E-state index contributed by atoms with van der Waals surface area (Å²) in [6, 6.07) is 0. The van der Waals surface area contributed by atoms with Crippen molar-refractivity contribution in [3.63, 3.8) is 0 Å². The number of nitrogens with zero attached hydrogens (tertiary/aromatic N) is 3. The van der Waals surface area contributed by atoms with Crippen molar-refractivity contribution in [3.8, 4) is 5.88 Å². The van der Waals surface area contributed by atoms with E-state index in [-0.39, 0.29) is 12.1 Å². The molecule has 1 aliphatic rings. The van der Waals surface area contributed by atoms with E-state index in [1.165, 1.54) is 7.11 Å². The van der Waals surface area contributed by atoms with E-state index in [1.54, 1.807) is 12.4 Å². The van der Waals surface area contributed by atoms with Crippen LogP contribution < -0.4 is 9.64 Å². The Morgan fingerprint density at radius 2 is 2.30 bits per heavy atom. The molecule has 0 amide bonds. The number of aromatic nitrogens is 2. The van der Waals surface area contributed by atoms with E-state index in [0.29, 0.717) is 31.4 Å². The molecule has 0 N–H and O–H groups in total. The van der Waals surface area contributed by atoms with E-state index in [2.05, 4.69) is 9.97 Å². The number of carbonyl (C=O) groups is 1. The maximum Gasteiger partial charge on any atom is 0.336 e. The van der Waals surface area contributed by atoms with E-state index in [1.807, 2.05) is 18.7 Å². The van der Waals surface area contributed by atoms with Gasteiger partial charge in [0.1, 0.15) is 0 Å². The van der Waals surface area contributed by atoms with Gasteiger partial charge in [0, 0.05) is 6.54 Å². The summed E-state index contributed by atoms with van der Waals surface area (Å²) in [7, 11) is 1.35. The highest BCUT2D eigenvalue weighted by molar-refractivity contribution is 5.75. The van der Waals surface area contributed by atoms with Crippen LogP contribution in [-0.4, -0.2) is 55.0 Å². The van der Waals surface area contributed by atoms with Crippen LogP contribution in [0.2, 0.25) is 0 Å². The number of methoxy groups -OCH3 is 1. The molecule has 110 valence electrons. The molecule has 0 bridgehead atoms. The molecule has 7 heteroatoms. The monoisotopic (exact) mass is 281 g/mol. The number of ether oxygens (including phenoxy) is 3. The third kappa shape index (κ3) is 3.57. The highest BCUT2D eigenvalue weighted by atomic mass is 16.6. The van der Waals surface area contributed by atoms with Crippen LogP contribution in [0.25, 0.3) is 0 Å². The van der Waals surface area contributed by atoms with Gasteiger partial charge in [0.2, 0.25) is 5.88 Å². The topological polar surface area (TPSA) is 73.8 Å². The molecule has 2 rings (SSSR count). The lowest BCUT2D eigenvalue weighted by atomic mass is 10.3. The van der Waals surface area contributed by atoms with Gasteiger partial charge in [-0.15, -0.1) is 0 Å². The van der Waals surface area contributed by atoms with Crippen molar-refractivity contribution in [1.82, 2.24) is 9.97 Å². The molecule has 1 unspecified atom stereocenters. The summed E-state index contributed by atoms with van der Waals surface area (Å²) in [5.41, 5.74) is 0. The van der Waals surface area contributed by atoms with Gasteiger partial charge in [-0.05, 0) is 13.8 Å². The zero-order valence-electron chi connectivity index (χ0n) is 11.9. The second-order valence-electron chi connectivity index (χ2n) is 4.71. The van der Waals surface area contributed by atoms with E-state index in [0.717, 1.165) is 0 Å². The fourth-order valence-electron chi connectivity index (χ4n) is 1.92. The number of carbonyl (C=O) groups excluding carboxylic acids is 1. The SMILES string of the molecule is COC(=O)C1CN(c2cncc(OC(C)C)n2)CCO1. The molecule has 0 spiro atoms. The van der Waals surface area contributed by atoms with Gasteiger partial charge in [0.05, 0.1) is 38.8 Å². The van der Waals surface area contributed by atoms with Crippen molar-refractivity contribution in [3.05, 3.63) is 12.4 Å². The zero-order valence-corrected chi connectivity index (χ0v) is 11.9. The minimum atomic E-state index is -0.592. The molecule has 1 aromatic heterocycles. The average Bonchev–Trinajstić information content (AvgIpc) is 2.46. The Kier molecular flexibility index (Phi) is 4.73. The molecule has 7 nitrogen and oxygen atoms in total. The predicted molar refractivity (Wildman–Crippen MR) is 71.8 cm³/mol. The van der Waals surface area contributed by atoms with Crippen molar-refractivity contribution < 1.29 is 19.0 Å². The van der Waals surface area contributed by atoms with Crippen molar-refractivity contribution >= 4 is 11.8 Å². The first kappa shape index (κ1) is 14.5. The van der Waals surface area contributed by atoms with Gasteiger partial charge in [-0.2, -0.15) is 4.98 Å². The largest absolute Gasteiger partial charge is 0.474 e. The molecule has 0 aromatic carbocycles. The summed E-state index contributed by atoms with van der Waals surface area (Å²) >= 11 is 0. The Morgan fingerprint density at radius 1 is 1.50 bits per heavy atom. The Labute approximate surface area is 117 Å². The second kappa shape index (κ2) is 6.51. The smallest absolute Gasteiger partial charge is 0.336 e. The minimum Gasteiger partial charge on any atom is -0.474 e. The maximum atomic E-state index is 11.5. The third-order valence-corrected chi connectivity index (χ3v) is 2.81. The molecule has 0 aliphatic carbocycles. The van der Waals surface area contributed by atoms with Gasteiger partial charge in [0.15, 0.2) is 11.9 Å². The molecular formula is C13H19N3O4.